The van der Waals surface area contributed by atoms with Gasteiger partial charge in [-0.15, -0.1) is 0 Å². The quantitative estimate of drug-likeness (QED) is 0.819. The van der Waals surface area contributed by atoms with Crippen LogP contribution in [-0.4, -0.2) is 19.1 Å². The number of pyridine rings is 1. The minimum atomic E-state index is -0.345. The lowest BCUT2D eigenvalue weighted by Crippen LogP contribution is -1.95. The van der Waals surface area contributed by atoms with Crippen LogP contribution in [0.4, 0.5) is 10.2 Å². The number of nitrogens with zero attached hydrogens (tertiary/aromatic N) is 1. The number of methoxy groups -OCH3 is 1. The molecule has 0 saturated heterocycles. The highest BCUT2D eigenvalue weighted by Crippen LogP contribution is 2.27. The third-order valence-corrected chi connectivity index (χ3v) is 2.24. The zero-order valence-electron chi connectivity index (χ0n) is 8.54. The summed E-state index contributed by atoms with van der Waals surface area (Å²) >= 11 is 0. The lowest BCUT2D eigenvalue weighted by Gasteiger charge is -2.07. The molecule has 0 aliphatic rings. The van der Waals surface area contributed by atoms with E-state index in [1.807, 2.05) is 0 Å². The number of ether oxygens (including phenoxy) is 1. The van der Waals surface area contributed by atoms with Crippen molar-refractivity contribution in [3.05, 3.63) is 30.1 Å². The molecule has 0 atom stereocenters. The lowest BCUT2D eigenvalue weighted by atomic mass is 10.2. The van der Waals surface area contributed by atoms with Crippen molar-refractivity contribution in [3.8, 4) is 5.75 Å². The van der Waals surface area contributed by atoms with Crippen LogP contribution in [0, 0.1) is 5.82 Å². The van der Waals surface area contributed by atoms with Crippen LogP contribution >= 0.6 is 0 Å². The average Bonchev–Trinajstić information content (AvgIpc) is 2.29. The third-order valence-electron chi connectivity index (χ3n) is 2.24. The summed E-state index contributed by atoms with van der Waals surface area (Å²) in [4.78, 5) is 4.14. The van der Waals surface area contributed by atoms with Crippen molar-refractivity contribution >= 4 is 16.7 Å². The van der Waals surface area contributed by atoms with Crippen molar-refractivity contribution in [2.24, 2.45) is 0 Å². The summed E-state index contributed by atoms with van der Waals surface area (Å²) in [7, 11) is 3.30. The predicted octanol–water partition coefficient (Wildman–Crippen LogP) is 2.42. The second-order valence-corrected chi connectivity index (χ2v) is 3.09. The van der Waals surface area contributed by atoms with Crippen LogP contribution in [0.5, 0.6) is 5.75 Å². The number of halogens is 1. The number of nitrogens with one attached hydrogen (secondary N) is 1. The van der Waals surface area contributed by atoms with E-state index in [2.05, 4.69) is 10.3 Å². The average molecular weight is 206 g/mol. The van der Waals surface area contributed by atoms with E-state index in [0.29, 0.717) is 22.5 Å². The first-order valence-corrected chi connectivity index (χ1v) is 4.57. The molecule has 1 aromatic carbocycles. The highest BCUT2D eigenvalue weighted by Gasteiger charge is 2.07. The van der Waals surface area contributed by atoms with Gasteiger partial charge in [-0.05, 0) is 24.3 Å². The Hall–Kier alpha value is -1.84. The van der Waals surface area contributed by atoms with E-state index in [9.17, 15) is 4.39 Å². The van der Waals surface area contributed by atoms with E-state index in [-0.39, 0.29) is 5.82 Å². The molecule has 0 bridgehead atoms. The number of anilines is 1. The van der Waals surface area contributed by atoms with Crippen LogP contribution in [0.15, 0.2) is 24.3 Å². The first-order chi connectivity index (χ1) is 7.26. The molecule has 0 saturated carbocycles. The van der Waals surface area contributed by atoms with Gasteiger partial charge >= 0.3 is 0 Å². The summed E-state index contributed by atoms with van der Waals surface area (Å²) < 4.78 is 18.6. The standard InChI is InChI=1S/C11H11FN2O/c1-13-10-6-3-7-9(15-2)5-4-8(12)11(7)14-10/h3-6H,1-2H3,(H,13,14). The van der Waals surface area contributed by atoms with Gasteiger partial charge in [0.05, 0.1) is 7.11 Å². The van der Waals surface area contributed by atoms with Gasteiger partial charge in [0.2, 0.25) is 0 Å². The first-order valence-electron chi connectivity index (χ1n) is 4.57. The first kappa shape index (κ1) is 9.71. The summed E-state index contributed by atoms with van der Waals surface area (Å²) in [5.74, 6) is 0.916. The molecule has 2 rings (SSSR count). The normalized spacial score (nSPS) is 10.3. The number of hydrogen-bond acceptors (Lipinski definition) is 3. The van der Waals surface area contributed by atoms with Gasteiger partial charge in [0, 0.05) is 12.4 Å². The zero-order valence-corrected chi connectivity index (χ0v) is 8.54. The Morgan fingerprint density at radius 3 is 2.73 bits per heavy atom. The molecule has 78 valence electrons. The Balaban J connectivity index is 2.75. The van der Waals surface area contributed by atoms with Gasteiger partial charge < -0.3 is 10.1 Å². The van der Waals surface area contributed by atoms with Crippen LogP contribution in [0.25, 0.3) is 10.9 Å². The van der Waals surface area contributed by atoms with Gasteiger partial charge in [0.1, 0.15) is 22.9 Å². The maximum atomic E-state index is 13.5. The Bertz CT molecular complexity index is 499. The largest absolute Gasteiger partial charge is 0.496 e. The Kier molecular flexibility index (Phi) is 2.41. The summed E-state index contributed by atoms with van der Waals surface area (Å²) in [6.07, 6.45) is 0. The monoisotopic (exact) mass is 206 g/mol. The van der Waals surface area contributed by atoms with E-state index in [0.717, 1.165) is 0 Å². The topological polar surface area (TPSA) is 34.1 Å². The Labute approximate surface area is 86.9 Å². The Morgan fingerprint density at radius 2 is 2.07 bits per heavy atom. The van der Waals surface area contributed by atoms with Crippen LogP contribution in [0.3, 0.4) is 0 Å². The fraction of sp³-hybridized carbons (Fsp3) is 0.182. The fourth-order valence-electron chi connectivity index (χ4n) is 1.47. The molecule has 4 heteroatoms. The molecule has 15 heavy (non-hydrogen) atoms. The number of aromatic nitrogens is 1. The molecule has 0 spiro atoms. The maximum absolute atomic E-state index is 13.5. The van der Waals surface area contributed by atoms with E-state index in [4.69, 9.17) is 4.74 Å². The lowest BCUT2D eigenvalue weighted by molar-refractivity contribution is 0.419. The molecule has 0 radical (unpaired) electrons. The second-order valence-electron chi connectivity index (χ2n) is 3.09. The van der Waals surface area contributed by atoms with E-state index >= 15 is 0 Å². The fourth-order valence-corrected chi connectivity index (χ4v) is 1.47. The van der Waals surface area contributed by atoms with Crippen molar-refractivity contribution in [2.45, 2.75) is 0 Å². The van der Waals surface area contributed by atoms with E-state index in [1.54, 1.807) is 32.4 Å². The van der Waals surface area contributed by atoms with Crippen LogP contribution in [-0.2, 0) is 0 Å². The van der Waals surface area contributed by atoms with Crippen molar-refractivity contribution in [2.75, 3.05) is 19.5 Å². The van der Waals surface area contributed by atoms with Gasteiger partial charge in [0.15, 0.2) is 0 Å². The second kappa shape index (κ2) is 3.73. The summed E-state index contributed by atoms with van der Waals surface area (Å²) in [6, 6.07) is 6.52. The molecular weight excluding hydrogens is 195 g/mol. The molecule has 1 N–H and O–H groups in total. The number of benzene rings is 1. The van der Waals surface area contributed by atoms with Crippen molar-refractivity contribution in [1.29, 1.82) is 0 Å². The molecule has 0 fully saturated rings. The van der Waals surface area contributed by atoms with Gasteiger partial charge in [0.25, 0.3) is 0 Å². The smallest absolute Gasteiger partial charge is 0.149 e. The van der Waals surface area contributed by atoms with Gasteiger partial charge in [-0.1, -0.05) is 0 Å². The third kappa shape index (κ3) is 1.58. The molecule has 1 aromatic heterocycles. The van der Waals surface area contributed by atoms with Gasteiger partial charge in [-0.2, -0.15) is 0 Å². The number of rotatable bonds is 2. The van der Waals surface area contributed by atoms with E-state index in [1.165, 1.54) is 6.07 Å². The van der Waals surface area contributed by atoms with Gasteiger partial charge in [-0.3, -0.25) is 0 Å². The summed E-state index contributed by atoms with van der Waals surface area (Å²) in [5, 5.41) is 3.54. The number of fused-ring (bicyclic) bond motifs is 1. The SMILES string of the molecule is CNc1ccc2c(OC)ccc(F)c2n1. The Morgan fingerprint density at radius 1 is 1.27 bits per heavy atom. The minimum Gasteiger partial charge on any atom is -0.496 e. The molecular formula is C11H11FN2O. The van der Waals surface area contributed by atoms with E-state index < -0.39 is 0 Å². The molecule has 2 aromatic rings. The van der Waals surface area contributed by atoms with Crippen molar-refractivity contribution in [1.82, 2.24) is 4.98 Å². The van der Waals surface area contributed by atoms with Crippen molar-refractivity contribution in [3.63, 3.8) is 0 Å². The summed E-state index contributed by atoms with van der Waals surface area (Å²) in [5.41, 5.74) is 0.321. The summed E-state index contributed by atoms with van der Waals surface area (Å²) in [6.45, 7) is 0. The van der Waals surface area contributed by atoms with Gasteiger partial charge in [-0.25, -0.2) is 9.37 Å². The predicted molar refractivity (Wildman–Crippen MR) is 57.8 cm³/mol. The molecule has 0 unspecified atom stereocenters. The van der Waals surface area contributed by atoms with Crippen LogP contribution < -0.4 is 10.1 Å². The molecule has 0 aliphatic carbocycles. The zero-order chi connectivity index (χ0) is 10.8. The highest BCUT2D eigenvalue weighted by atomic mass is 19.1. The molecule has 0 aliphatic heterocycles. The number of hydrogen-bond donors (Lipinski definition) is 1. The minimum absolute atomic E-state index is 0.321. The van der Waals surface area contributed by atoms with Crippen molar-refractivity contribution < 1.29 is 9.13 Å². The molecule has 3 nitrogen and oxygen atoms in total. The molecule has 1 heterocycles. The van der Waals surface area contributed by atoms with Crippen LogP contribution in [0.2, 0.25) is 0 Å². The molecule has 0 amide bonds. The van der Waals surface area contributed by atoms with Crippen LogP contribution in [0.1, 0.15) is 0 Å². The maximum Gasteiger partial charge on any atom is 0.149 e. The highest BCUT2D eigenvalue weighted by molar-refractivity contribution is 5.86.